The zero-order valence-electron chi connectivity index (χ0n) is 16.4. The summed E-state index contributed by atoms with van der Waals surface area (Å²) in [4.78, 5) is 32.6. The van der Waals surface area contributed by atoms with Crippen molar-refractivity contribution in [2.75, 3.05) is 0 Å². The molecular weight excluding hydrogens is 415 g/mol. The number of aromatic amines is 1. The zero-order valence-corrected chi connectivity index (χ0v) is 16.4. The third kappa shape index (κ3) is 3.91. The molecule has 12 heteroatoms. The van der Waals surface area contributed by atoms with E-state index in [1.54, 1.807) is 26.0 Å². The third-order valence-electron chi connectivity index (χ3n) is 4.48. The first-order valence-corrected chi connectivity index (χ1v) is 9.09. The minimum Gasteiger partial charge on any atom is -0.345 e. The van der Waals surface area contributed by atoms with E-state index >= 15 is 0 Å². The van der Waals surface area contributed by atoms with Gasteiger partial charge in [-0.3, -0.25) is 14.7 Å². The Hall–Kier alpha value is -3.96. The summed E-state index contributed by atoms with van der Waals surface area (Å²) in [6, 6.07) is 7.57. The number of H-pyrrole nitrogens is 1. The first kappa shape index (κ1) is 20.3. The fourth-order valence-electron chi connectivity index (χ4n) is 3.04. The van der Waals surface area contributed by atoms with Gasteiger partial charge < -0.3 is 5.32 Å². The van der Waals surface area contributed by atoms with Crippen LogP contribution in [0.2, 0.25) is 0 Å². The highest BCUT2D eigenvalue weighted by Gasteiger charge is 2.40. The normalized spacial score (nSPS) is 11.8. The van der Waals surface area contributed by atoms with Crippen LogP contribution in [-0.2, 0) is 12.7 Å². The van der Waals surface area contributed by atoms with Gasteiger partial charge in [0.25, 0.3) is 17.2 Å². The molecule has 1 aromatic carbocycles. The van der Waals surface area contributed by atoms with Crippen LogP contribution in [0.1, 0.15) is 33.1 Å². The van der Waals surface area contributed by atoms with Gasteiger partial charge >= 0.3 is 6.18 Å². The third-order valence-corrected chi connectivity index (χ3v) is 4.48. The summed E-state index contributed by atoms with van der Waals surface area (Å²) in [5.41, 5.74) is -0.703. The van der Waals surface area contributed by atoms with E-state index in [1.807, 2.05) is 0 Å². The van der Waals surface area contributed by atoms with Crippen molar-refractivity contribution in [3.05, 3.63) is 75.2 Å². The second-order valence-corrected chi connectivity index (χ2v) is 6.88. The Morgan fingerprint density at radius 2 is 1.87 bits per heavy atom. The van der Waals surface area contributed by atoms with Crippen molar-refractivity contribution in [3.63, 3.8) is 0 Å². The molecule has 31 heavy (non-hydrogen) atoms. The second-order valence-electron chi connectivity index (χ2n) is 6.88. The molecule has 0 saturated heterocycles. The molecule has 3 heterocycles. The number of nitrogens with one attached hydrogen (secondary N) is 2. The Balaban J connectivity index is 1.62. The van der Waals surface area contributed by atoms with Crippen molar-refractivity contribution in [1.29, 1.82) is 0 Å². The number of carbonyl (C=O) groups is 1. The number of aryl methyl sites for hydroxylation is 2. The fraction of sp³-hybridized carbons (Fsp3) is 0.211. The highest BCUT2D eigenvalue weighted by atomic mass is 19.4. The highest BCUT2D eigenvalue weighted by Crippen LogP contribution is 2.33. The number of fused-ring (bicyclic) bond motifs is 1. The maximum Gasteiger partial charge on any atom is 0.434 e. The van der Waals surface area contributed by atoms with E-state index in [4.69, 9.17) is 0 Å². The lowest BCUT2D eigenvalue weighted by molar-refractivity contribution is -0.143. The summed E-state index contributed by atoms with van der Waals surface area (Å²) in [7, 11) is 0. The molecule has 0 saturated carbocycles. The SMILES string of the molecule is Cc1ccc(-n2ncc(C(=O)NCc3nc4nc(C)cc(=O)n4[nH]3)c2C(F)(F)F)cc1. The number of nitrogens with zero attached hydrogens (tertiary/aromatic N) is 5. The first-order chi connectivity index (χ1) is 14.6. The molecule has 4 aromatic rings. The van der Waals surface area contributed by atoms with Crippen LogP contribution in [0.25, 0.3) is 11.5 Å². The molecule has 0 spiro atoms. The lowest BCUT2D eigenvalue weighted by Crippen LogP contribution is -2.27. The van der Waals surface area contributed by atoms with Gasteiger partial charge in [-0.15, -0.1) is 0 Å². The van der Waals surface area contributed by atoms with Crippen LogP contribution < -0.4 is 10.9 Å². The molecule has 0 unspecified atom stereocenters. The van der Waals surface area contributed by atoms with E-state index in [1.165, 1.54) is 18.2 Å². The van der Waals surface area contributed by atoms with Gasteiger partial charge in [0, 0.05) is 11.8 Å². The molecular formula is C19H16F3N7O2. The molecule has 3 aromatic heterocycles. The molecule has 2 N–H and O–H groups in total. The molecule has 0 aliphatic rings. The van der Waals surface area contributed by atoms with Crippen LogP contribution in [0.4, 0.5) is 13.2 Å². The van der Waals surface area contributed by atoms with Gasteiger partial charge in [-0.2, -0.15) is 27.8 Å². The molecule has 0 aliphatic carbocycles. The van der Waals surface area contributed by atoms with E-state index in [0.717, 1.165) is 16.3 Å². The van der Waals surface area contributed by atoms with Crippen molar-refractivity contribution in [2.45, 2.75) is 26.6 Å². The van der Waals surface area contributed by atoms with Gasteiger partial charge in [-0.1, -0.05) is 17.7 Å². The quantitative estimate of drug-likeness (QED) is 0.515. The Labute approximate surface area is 172 Å². The summed E-state index contributed by atoms with van der Waals surface area (Å²) in [6.45, 7) is 3.19. The lowest BCUT2D eigenvalue weighted by atomic mass is 10.2. The molecule has 160 valence electrons. The Bertz CT molecular complexity index is 1330. The summed E-state index contributed by atoms with van der Waals surface area (Å²) >= 11 is 0. The topological polar surface area (TPSA) is 110 Å². The van der Waals surface area contributed by atoms with Crippen molar-refractivity contribution in [3.8, 4) is 5.69 Å². The van der Waals surface area contributed by atoms with E-state index in [2.05, 4.69) is 25.5 Å². The smallest absolute Gasteiger partial charge is 0.345 e. The van der Waals surface area contributed by atoms with Crippen LogP contribution in [0.5, 0.6) is 0 Å². The minimum absolute atomic E-state index is 0.0948. The van der Waals surface area contributed by atoms with Crippen LogP contribution in [0, 0.1) is 13.8 Å². The molecule has 0 fully saturated rings. The molecule has 0 radical (unpaired) electrons. The fourth-order valence-corrected chi connectivity index (χ4v) is 3.04. The van der Waals surface area contributed by atoms with Gasteiger partial charge in [-0.05, 0) is 26.0 Å². The van der Waals surface area contributed by atoms with Gasteiger partial charge in [0.2, 0.25) is 0 Å². The number of rotatable bonds is 4. The Morgan fingerprint density at radius 3 is 2.55 bits per heavy atom. The van der Waals surface area contributed by atoms with Crippen molar-refractivity contribution < 1.29 is 18.0 Å². The number of hydrogen-bond donors (Lipinski definition) is 2. The summed E-state index contributed by atoms with van der Waals surface area (Å²) in [6.07, 6.45) is -3.95. The maximum atomic E-state index is 13.7. The van der Waals surface area contributed by atoms with Gasteiger partial charge in [-0.25, -0.2) is 9.67 Å². The number of carbonyl (C=O) groups excluding carboxylic acids is 1. The number of halogens is 3. The van der Waals surface area contributed by atoms with E-state index < -0.39 is 28.9 Å². The van der Waals surface area contributed by atoms with Gasteiger partial charge in [0.1, 0.15) is 5.82 Å². The number of alkyl halides is 3. The predicted molar refractivity (Wildman–Crippen MR) is 103 cm³/mol. The highest BCUT2D eigenvalue weighted by molar-refractivity contribution is 5.95. The van der Waals surface area contributed by atoms with E-state index in [0.29, 0.717) is 10.4 Å². The second kappa shape index (κ2) is 7.38. The van der Waals surface area contributed by atoms with Gasteiger partial charge in [0.05, 0.1) is 24.0 Å². The minimum atomic E-state index is -4.82. The first-order valence-electron chi connectivity index (χ1n) is 9.09. The molecule has 9 nitrogen and oxygen atoms in total. The Kier molecular flexibility index (Phi) is 4.84. The zero-order chi connectivity index (χ0) is 22.3. The lowest BCUT2D eigenvalue weighted by Gasteiger charge is -2.13. The van der Waals surface area contributed by atoms with Crippen molar-refractivity contribution in [1.82, 2.24) is 34.7 Å². The standard InChI is InChI=1S/C19H16F3N7O2/c1-10-3-5-12(6-4-10)28-16(19(20,21)22)13(8-24-28)17(31)23-9-14-26-18-25-11(2)7-15(30)29(18)27-14/h3-8H,9H2,1-2H3,(H,23,31)(H,25,26,27). The molecule has 0 aliphatic heterocycles. The number of amides is 1. The predicted octanol–water partition coefficient (Wildman–Crippen LogP) is 2.17. The number of aromatic nitrogens is 6. The van der Waals surface area contributed by atoms with E-state index in [9.17, 15) is 22.8 Å². The molecule has 0 bridgehead atoms. The number of benzene rings is 1. The average molecular weight is 431 g/mol. The summed E-state index contributed by atoms with van der Waals surface area (Å²) in [5.74, 6) is -0.733. The summed E-state index contributed by atoms with van der Waals surface area (Å²) in [5, 5.41) is 8.79. The maximum absolute atomic E-state index is 13.7. The Morgan fingerprint density at radius 1 is 1.16 bits per heavy atom. The average Bonchev–Trinajstić information content (AvgIpc) is 3.31. The molecule has 0 atom stereocenters. The summed E-state index contributed by atoms with van der Waals surface area (Å²) < 4.78 is 43.0. The molecule has 1 amide bonds. The van der Waals surface area contributed by atoms with Crippen molar-refractivity contribution >= 4 is 11.7 Å². The largest absolute Gasteiger partial charge is 0.434 e. The van der Waals surface area contributed by atoms with Gasteiger partial charge in [0.15, 0.2) is 5.69 Å². The van der Waals surface area contributed by atoms with Crippen molar-refractivity contribution in [2.24, 2.45) is 0 Å². The molecule has 4 rings (SSSR count). The van der Waals surface area contributed by atoms with Crippen LogP contribution in [-0.4, -0.2) is 35.3 Å². The number of hydrogen-bond acceptors (Lipinski definition) is 5. The monoisotopic (exact) mass is 431 g/mol. The van der Waals surface area contributed by atoms with Crippen LogP contribution >= 0.6 is 0 Å². The van der Waals surface area contributed by atoms with Crippen LogP contribution in [0.3, 0.4) is 0 Å². The van der Waals surface area contributed by atoms with Crippen LogP contribution in [0.15, 0.2) is 41.3 Å². The van der Waals surface area contributed by atoms with E-state index in [-0.39, 0.29) is 23.8 Å².